The molecule has 32 heavy (non-hydrogen) atoms. The Balaban J connectivity index is 1.91. The molecular weight excluding hydrogens is 413 g/mol. The topological polar surface area (TPSA) is 101 Å². The Morgan fingerprint density at radius 3 is 2.34 bits per heavy atom. The van der Waals surface area contributed by atoms with E-state index < -0.39 is 22.6 Å². The van der Waals surface area contributed by atoms with Crippen LogP contribution in [-0.4, -0.2) is 16.7 Å². The van der Waals surface area contributed by atoms with Crippen molar-refractivity contribution < 1.29 is 18.9 Å². The Labute approximate surface area is 183 Å². The highest BCUT2D eigenvalue weighted by molar-refractivity contribution is 6.10. The zero-order chi connectivity index (χ0) is 23.3. The molecule has 0 spiro atoms. The summed E-state index contributed by atoms with van der Waals surface area (Å²) in [4.78, 5) is 35.9. The quantitative estimate of drug-likeness (QED) is 0.332. The van der Waals surface area contributed by atoms with Gasteiger partial charge in [-0.15, -0.1) is 0 Å². The Hall–Kier alpha value is -4.33. The fourth-order valence-electron chi connectivity index (χ4n) is 2.87. The van der Waals surface area contributed by atoms with Crippen LogP contribution in [0.1, 0.15) is 27.0 Å². The first-order chi connectivity index (χ1) is 15.2. The minimum atomic E-state index is -0.674. The fourth-order valence-corrected chi connectivity index (χ4v) is 2.87. The fraction of sp³-hybridized carbons (Fsp3) is 0.0833. The lowest BCUT2D eigenvalue weighted by Crippen LogP contribution is -2.30. The second-order valence-electron chi connectivity index (χ2n) is 7.15. The number of hydrogen-bond donors (Lipinski definition) is 2. The van der Waals surface area contributed by atoms with E-state index in [1.54, 1.807) is 31.2 Å². The van der Waals surface area contributed by atoms with E-state index in [1.165, 1.54) is 42.5 Å². The Morgan fingerprint density at radius 2 is 1.72 bits per heavy atom. The number of carbonyl (C=O) groups excluding carboxylic acids is 2. The van der Waals surface area contributed by atoms with Crippen LogP contribution in [-0.2, 0) is 4.79 Å². The number of amides is 2. The van der Waals surface area contributed by atoms with E-state index in [0.717, 1.165) is 5.56 Å². The number of hydrogen-bond acceptors (Lipinski definition) is 4. The third kappa shape index (κ3) is 5.63. The van der Waals surface area contributed by atoms with Crippen LogP contribution in [0, 0.1) is 29.8 Å². The van der Waals surface area contributed by atoms with Crippen molar-refractivity contribution >= 4 is 29.3 Å². The molecule has 7 nitrogen and oxygen atoms in total. The molecule has 0 heterocycles. The molecule has 0 unspecified atom stereocenters. The van der Waals surface area contributed by atoms with Gasteiger partial charge in [0.2, 0.25) is 0 Å². The van der Waals surface area contributed by atoms with E-state index in [1.807, 2.05) is 13.0 Å². The largest absolute Gasteiger partial charge is 0.321 e. The summed E-state index contributed by atoms with van der Waals surface area (Å²) in [7, 11) is 0. The molecular formula is C24H20FN3O4. The normalized spacial score (nSPS) is 11.0. The van der Waals surface area contributed by atoms with Crippen molar-refractivity contribution in [2.75, 3.05) is 5.32 Å². The summed E-state index contributed by atoms with van der Waals surface area (Å²) in [5, 5.41) is 16.0. The van der Waals surface area contributed by atoms with Crippen molar-refractivity contribution in [2.45, 2.75) is 13.8 Å². The molecule has 3 aromatic rings. The second-order valence-corrected chi connectivity index (χ2v) is 7.15. The molecule has 0 atom stereocenters. The van der Waals surface area contributed by atoms with Crippen LogP contribution in [0.15, 0.2) is 72.4 Å². The number of nitrogens with zero attached hydrogens (tertiary/aromatic N) is 1. The van der Waals surface area contributed by atoms with Gasteiger partial charge >= 0.3 is 0 Å². The van der Waals surface area contributed by atoms with E-state index in [4.69, 9.17) is 0 Å². The molecule has 0 saturated carbocycles. The number of benzene rings is 3. The lowest BCUT2D eigenvalue weighted by Gasteiger charge is -2.12. The Kier molecular flexibility index (Phi) is 6.74. The number of aryl methyl sites for hydroxylation is 2. The SMILES string of the molecule is Cc1cccc(C(=O)NC(=Cc2ccc([N+](=O)[O-])cc2)C(=O)Nc2ccc(C)c(F)c2)c1. The highest BCUT2D eigenvalue weighted by atomic mass is 19.1. The van der Waals surface area contributed by atoms with Crippen molar-refractivity contribution in [3.63, 3.8) is 0 Å². The van der Waals surface area contributed by atoms with E-state index in [0.29, 0.717) is 16.7 Å². The van der Waals surface area contributed by atoms with Gasteiger partial charge in [-0.25, -0.2) is 4.39 Å². The number of nitro benzene ring substituents is 1. The van der Waals surface area contributed by atoms with Crippen LogP contribution in [0.3, 0.4) is 0 Å². The van der Waals surface area contributed by atoms with Crippen molar-refractivity contribution in [3.8, 4) is 0 Å². The minimum Gasteiger partial charge on any atom is -0.321 e. The summed E-state index contributed by atoms with van der Waals surface area (Å²) in [6.45, 7) is 3.44. The summed E-state index contributed by atoms with van der Waals surface area (Å²) in [5.74, 6) is -1.66. The van der Waals surface area contributed by atoms with E-state index >= 15 is 0 Å². The average molecular weight is 433 g/mol. The molecule has 0 aliphatic carbocycles. The van der Waals surface area contributed by atoms with Crippen LogP contribution in [0.5, 0.6) is 0 Å². The van der Waals surface area contributed by atoms with Gasteiger partial charge in [-0.1, -0.05) is 23.8 Å². The smallest absolute Gasteiger partial charge is 0.272 e. The van der Waals surface area contributed by atoms with E-state index in [9.17, 15) is 24.1 Å². The molecule has 2 amide bonds. The van der Waals surface area contributed by atoms with E-state index in [-0.39, 0.29) is 17.1 Å². The summed E-state index contributed by atoms with van der Waals surface area (Å²) < 4.78 is 13.9. The van der Waals surface area contributed by atoms with Crippen molar-refractivity contribution in [3.05, 3.63) is 111 Å². The summed E-state index contributed by atoms with van der Waals surface area (Å²) in [5.41, 5.74) is 2.13. The first kappa shape index (κ1) is 22.4. The van der Waals surface area contributed by atoms with Gasteiger partial charge in [-0.2, -0.15) is 0 Å². The minimum absolute atomic E-state index is 0.105. The van der Waals surface area contributed by atoms with Gasteiger partial charge < -0.3 is 10.6 Å². The molecule has 0 bridgehead atoms. The highest BCUT2D eigenvalue weighted by Gasteiger charge is 2.16. The molecule has 0 radical (unpaired) electrons. The van der Waals surface area contributed by atoms with Crippen LogP contribution >= 0.6 is 0 Å². The average Bonchev–Trinajstić information content (AvgIpc) is 2.76. The Morgan fingerprint density at radius 1 is 1.00 bits per heavy atom. The zero-order valence-corrected chi connectivity index (χ0v) is 17.4. The molecule has 0 fully saturated rings. The first-order valence-corrected chi connectivity index (χ1v) is 9.64. The predicted octanol–water partition coefficient (Wildman–Crippen LogP) is 4.76. The summed E-state index contributed by atoms with van der Waals surface area (Å²) in [6.07, 6.45) is 1.39. The van der Waals surface area contributed by atoms with Gasteiger partial charge in [-0.3, -0.25) is 19.7 Å². The van der Waals surface area contributed by atoms with Gasteiger partial charge in [0.15, 0.2) is 0 Å². The van der Waals surface area contributed by atoms with Crippen molar-refractivity contribution in [1.82, 2.24) is 5.32 Å². The molecule has 0 saturated heterocycles. The van der Waals surface area contributed by atoms with Gasteiger partial charge in [0.05, 0.1) is 4.92 Å². The maximum atomic E-state index is 13.9. The Bertz CT molecular complexity index is 1220. The van der Waals surface area contributed by atoms with Crippen LogP contribution in [0.4, 0.5) is 15.8 Å². The van der Waals surface area contributed by atoms with Gasteiger partial charge in [0.1, 0.15) is 11.5 Å². The lowest BCUT2D eigenvalue weighted by atomic mass is 10.1. The van der Waals surface area contributed by atoms with Gasteiger partial charge in [0.25, 0.3) is 17.5 Å². The van der Waals surface area contributed by atoms with Crippen molar-refractivity contribution in [1.29, 1.82) is 0 Å². The number of non-ortho nitro benzene ring substituents is 1. The lowest BCUT2D eigenvalue weighted by molar-refractivity contribution is -0.384. The van der Waals surface area contributed by atoms with Gasteiger partial charge in [-0.05, 0) is 67.4 Å². The monoisotopic (exact) mass is 433 g/mol. The number of nitrogens with one attached hydrogen (secondary N) is 2. The molecule has 2 N–H and O–H groups in total. The third-order valence-corrected chi connectivity index (χ3v) is 4.62. The second kappa shape index (κ2) is 9.65. The highest BCUT2D eigenvalue weighted by Crippen LogP contribution is 2.17. The number of nitro groups is 1. The first-order valence-electron chi connectivity index (χ1n) is 9.64. The number of halogens is 1. The number of rotatable bonds is 6. The molecule has 0 aliphatic rings. The molecule has 0 aromatic heterocycles. The zero-order valence-electron chi connectivity index (χ0n) is 17.4. The number of carbonyl (C=O) groups is 2. The molecule has 8 heteroatoms. The molecule has 3 rings (SSSR count). The van der Waals surface area contributed by atoms with Crippen LogP contribution < -0.4 is 10.6 Å². The van der Waals surface area contributed by atoms with Gasteiger partial charge in [0, 0.05) is 23.4 Å². The maximum Gasteiger partial charge on any atom is 0.272 e. The standard InChI is InChI=1S/C24H20FN3O4/c1-15-4-3-5-18(12-15)23(29)27-22(13-17-7-10-20(11-8-17)28(31)32)24(30)26-19-9-6-16(2)21(25)14-19/h3-14H,1-2H3,(H,26,30)(H,27,29). The summed E-state index contributed by atoms with van der Waals surface area (Å²) >= 11 is 0. The van der Waals surface area contributed by atoms with Crippen LogP contribution in [0.2, 0.25) is 0 Å². The maximum absolute atomic E-state index is 13.9. The molecule has 0 aliphatic heterocycles. The third-order valence-electron chi connectivity index (χ3n) is 4.62. The molecule has 162 valence electrons. The molecule has 3 aromatic carbocycles. The van der Waals surface area contributed by atoms with Crippen LogP contribution in [0.25, 0.3) is 6.08 Å². The van der Waals surface area contributed by atoms with Crippen molar-refractivity contribution in [2.24, 2.45) is 0 Å². The number of anilines is 1. The van der Waals surface area contributed by atoms with E-state index in [2.05, 4.69) is 10.6 Å². The predicted molar refractivity (Wildman–Crippen MR) is 119 cm³/mol. The summed E-state index contributed by atoms with van der Waals surface area (Å²) in [6, 6.07) is 16.6.